The molecule has 0 saturated carbocycles. The molecule has 0 bridgehead atoms. The maximum absolute atomic E-state index is 12.0. The van der Waals surface area contributed by atoms with Crippen LogP contribution in [-0.2, 0) is 0 Å². The minimum atomic E-state index is -1.07. The summed E-state index contributed by atoms with van der Waals surface area (Å²) in [5.74, 6) is -1.64. The van der Waals surface area contributed by atoms with Gasteiger partial charge in [-0.05, 0) is 41.1 Å². The third-order valence-corrected chi connectivity index (χ3v) is 3.42. The Labute approximate surface area is 127 Å². The van der Waals surface area contributed by atoms with Gasteiger partial charge in [0, 0.05) is 22.4 Å². The van der Waals surface area contributed by atoms with Gasteiger partial charge in [0.05, 0.1) is 11.3 Å². The highest BCUT2D eigenvalue weighted by Crippen LogP contribution is 2.24. The fraction of sp³-hybridized carbons (Fsp3) is 0.0714. The van der Waals surface area contributed by atoms with E-state index < -0.39 is 11.9 Å². The number of aromatic nitrogens is 1. The second-order valence-corrected chi connectivity index (χ2v) is 5.20. The van der Waals surface area contributed by atoms with Gasteiger partial charge >= 0.3 is 5.97 Å². The number of nitrogens with one attached hydrogen (secondary N) is 2. The van der Waals surface area contributed by atoms with E-state index in [4.69, 9.17) is 5.11 Å². The van der Waals surface area contributed by atoms with Crippen LogP contribution in [0.2, 0.25) is 0 Å². The van der Waals surface area contributed by atoms with Crippen molar-refractivity contribution in [2.75, 3.05) is 5.32 Å². The molecule has 2 rings (SSSR count). The highest BCUT2D eigenvalue weighted by Gasteiger charge is 2.13. The van der Waals surface area contributed by atoms with Crippen molar-refractivity contribution in [3.8, 4) is 0 Å². The van der Waals surface area contributed by atoms with Gasteiger partial charge in [0.15, 0.2) is 5.43 Å². The number of carbonyl (C=O) groups is 2. The molecule has 21 heavy (non-hydrogen) atoms. The average Bonchev–Trinajstić information content (AvgIpc) is 2.40. The molecule has 0 radical (unpaired) electrons. The smallest absolute Gasteiger partial charge is 0.335 e. The summed E-state index contributed by atoms with van der Waals surface area (Å²) in [6, 6.07) is 5.52. The number of carboxylic acids is 1. The number of aromatic amines is 1. The molecule has 0 aliphatic heterocycles. The van der Waals surface area contributed by atoms with Gasteiger partial charge in [-0.15, -0.1) is 0 Å². The molecular weight excluding hydrogens is 340 g/mol. The molecule has 2 aromatic rings. The van der Waals surface area contributed by atoms with Gasteiger partial charge < -0.3 is 15.4 Å². The number of amides is 1. The Morgan fingerprint density at radius 2 is 2.00 bits per heavy atom. The maximum atomic E-state index is 12.0. The molecule has 0 fully saturated rings. The van der Waals surface area contributed by atoms with Crippen LogP contribution in [-0.4, -0.2) is 22.0 Å². The number of anilines is 1. The molecule has 0 saturated heterocycles. The van der Waals surface area contributed by atoms with Crippen LogP contribution in [0.4, 0.5) is 5.69 Å². The number of hydrogen-bond acceptors (Lipinski definition) is 3. The Morgan fingerprint density at radius 1 is 1.29 bits per heavy atom. The highest BCUT2D eigenvalue weighted by molar-refractivity contribution is 9.10. The number of halogens is 1. The van der Waals surface area contributed by atoms with Gasteiger partial charge in [0.2, 0.25) is 0 Å². The van der Waals surface area contributed by atoms with Crippen molar-refractivity contribution >= 4 is 33.5 Å². The molecule has 1 heterocycles. The standard InChI is InChI=1S/C14H11BrN2O4/c1-7-4-12(18)9(6-16-7)13(19)17-11-3-2-8(14(20)21)5-10(11)15/h2-6H,1H3,(H,16,18)(H,17,19)(H,20,21). The van der Waals surface area contributed by atoms with E-state index in [1.54, 1.807) is 6.92 Å². The topological polar surface area (TPSA) is 99.3 Å². The van der Waals surface area contributed by atoms with E-state index in [0.29, 0.717) is 15.9 Å². The first-order valence-electron chi connectivity index (χ1n) is 5.92. The van der Waals surface area contributed by atoms with Gasteiger partial charge in [0.1, 0.15) is 5.56 Å². The molecule has 7 heteroatoms. The quantitative estimate of drug-likeness (QED) is 0.791. The summed E-state index contributed by atoms with van der Waals surface area (Å²) < 4.78 is 0.416. The average molecular weight is 351 g/mol. The number of H-pyrrole nitrogens is 1. The summed E-state index contributed by atoms with van der Waals surface area (Å²) in [6.45, 7) is 1.71. The van der Waals surface area contributed by atoms with Gasteiger partial charge in [0.25, 0.3) is 5.91 Å². The van der Waals surface area contributed by atoms with Crippen molar-refractivity contribution in [3.05, 3.63) is 62.0 Å². The van der Waals surface area contributed by atoms with E-state index in [1.807, 2.05) is 0 Å². The van der Waals surface area contributed by atoms with Crippen molar-refractivity contribution in [3.63, 3.8) is 0 Å². The van der Waals surface area contributed by atoms with E-state index >= 15 is 0 Å². The lowest BCUT2D eigenvalue weighted by Gasteiger charge is -2.08. The fourth-order valence-corrected chi connectivity index (χ4v) is 2.17. The first-order valence-corrected chi connectivity index (χ1v) is 6.71. The van der Waals surface area contributed by atoms with Crippen LogP contribution in [0.3, 0.4) is 0 Å². The van der Waals surface area contributed by atoms with Gasteiger partial charge in [-0.1, -0.05) is 0 Å². The molecule has 6 nitrogen and oxygen atoms in total. The Hall–Kier alpha value is -2.41. The van der Waals surface area contributed by atoms with Crippen molar-refractivity contribution in [1.82, 2.24) is 4.98 Å². The molecule has 108 valence electrons. The van der Waals surface area contributed by atoms with Crippen molar-refractivity contribution < 1.29 is 14.7 Å². The Morgan fingerprint density at radius 3 is 2.57 bits per heavy atom. The first-order chi connectivity index (χ1) is 9.88. The molecule has 3 N–H and O–H groups in total. The maximum Gasteiger partial charge on any atom is 0.335 e. The number of carbonyl (C=O) groups excluding carboxylic acids is 1. The monoisotopic (exact) mass is 350 g/mol. The van der Waals surface area contributed by atoms with Gasteiger partial charge in [-0.3, -0.25) is 9.59 Å². The van der Waals surface area contributed by atoms with E-state index in [2.05, 4.69) is 26.2 Å². The van der Waals surface area contributed by atoms with Crippen LogP contribution in [0.1, 0.15) is 26.4 Å². The van der Waals surface area contributed by atoms with Gasteiger partial charge in [-0.25, -0.2) is 4.79 Å². The third-order valence-electron chi connectivity index (χ3n) is 2.77. The summed E-state index contributed by atoms with van der Waals surface area (Å²) in [4.78, 5) is 37.4. The van der Waals surface area contributed by atoms with Crippen LogP contribution < -0.4 is 10.7 Å². The number of rotatable bonds is 3. The number of aryl methyl sites for hydroxylation is 1. The second kappa shape index (κ2) is 5.92. The van der Waals surface area contributed by atoms with E-state index in [-0.39, 0.29) is 16.6 Å². The molecule has 1 aromatic carbocycles. The second-order valence-electron chi connectivity index (χ2n) is 4.35. The number of pyridine rings is 1. The van der Waals surface area contributed by atoms with Crippen molar-refractivity contribution in [2.45, 2.75) is 6.92 Å². The Bertz CT molecular complexity index is 783. The van der Waals surface area contributed by atoms with Crippen LogP contribution >= 0.6 is 15.9 Å². The predicted octanol–water partition coefficient (Wildman–Crippen LogP) is 2.40. The van der Waals surface area contributed by atoms with E-state index in [0.717, 1.165) is 0 Å². The van der Waals surface area contributed by atoms with Crippen molar-refractivity contribution in [2.24, 2.45) is 0 Å². The van der Waals surface area contributed by atoms with E-state index in [1.165, 1.54) is 30.5 Å². The molecule has 0 aliphatic rings. The van der Waals surface area contributed by atoms with E-state index in [9.17, 15) is 14.4 Å². The van der Waals surface area contributed by atoms with Gasteiger partial charge in [-0.2, -0.15) is 0 Å². The van der Waals surface area contributed by atoms with Crippen LogP contribution in [0, 0.1) is 6.92 Å². The molecule has 0 unspecified atom stereocenters. The van der Waals surface area contributed by atoms with Crippen LogP contribution in [0.15, 0.2) is 39.7 Å². The van der Waals surface area contributed by atoms with Crippen molar-refractivity contribution in [1.29, 1.82) is 0 Å². The first kappa shape index (κ1) is 15.0. The lowest BCUT2D eigenvalue weighted by atomic mass is 10.2. The third kappa shape index (κ3) is 3.38. The van der Waals surface area contributed by atoms with Crippen LogP contribution in [0.5, 0.6) is 0 Å². The summed E-state index contributed by atoms with van der Waals surface area (Å²) >= 11 is 3.18. The molecule has 0 aliphatic carbocycles. The zero-order valence-electron chi connectivity index (χ0n) is 10.9. The normalized spacial score (nSPS) is 10.2. The molecular formula is C14H11BrN2O4. The largest absolute Gasteiger partial charge is 0.478 e. The summed E-state index contributed by atoms with van der Waals surface area (Å²) in [5.41, 5.74) is 0.721. The minimum absolute atomic E-state index is 0.0187. The summed E-state index contributed by atoms with van der Waals surface area (Å²) in [7, 11) is 0. The molecule has 1 amide bonds. The zero-order chi connectivity index (χ0) is 15.6. The van der Waals surface area contributed by atoms with Crippen LogP contribution in [0.25, 0.3) is 0 Å². The number of hydrogen-bond donors (Lipinski definition) is 3. The number of aromatic carboxylic acids is 1. The Kier molecular flexibility index (Phi) is 4.23. The number of benzene rings is 1. The summed E-state index contributed by atoms with van der Waals surface area (Å²) in [6.07, 6.45) is 1.34. The number of carboxylic acid groups (broad SMARTS) is 1. The lowest BCUT2D eigenvalue weighted by molar-refractivity contribution is 0.0696. The Balaban J connectivity index is 2.27. The predicted molar refractivity (Wildman–Crippen MR) is 80.9 cm³/mol. The zero-order valence-corrected chi connectivity index (χ0v) is 12.5. The highest BCUT2D eigenvalue weighted by atomic mass is 79.9. The molecule has 0 atom stereocenters. The summed E-state index contributed by atoms with van der Waals surface area (Å²) in [5, 5.41) is 11.4. The fourth-order valence-electron chi connectivity index (χ4n) is 1.69. The molecule has 0 spiro atoms. The lowest BCUT2D eigenvalue weighted by Crippen LogP contribution is -2.21. The minimum Gasteiger partial charge on any atom is -0.478 e. The SMILES string of the molecule is Cc1cc(=O)c(C(=O)Nc2ccc(C(=O)O)cc2Br)c[nH]1. The molecule has 1 aromatic heterocycles.